The fourth-order valence-electron chi connectivity index (χ4n) is 2.20. The van der Waals surface area contributed by atoms with E-state index in [1.807, 2.05) is 0 Å². The monoisotopic (exact) mass is 400 g/mol. The van der Waals surface area contributed by atoms with Gasteiger partial charge in [0.25, 0.3) is 0 Å². The number of amides is 2. The molecule has 144 valence electrons. The van der Waals surface area contributed by atoms with E-state index in [0.717, 1.165) is 24.3 Å². The van der Waals surface area contributed by atoms with Gasteiger partial charge in [-0.2, -0.15) is 13.2 Å². The number of hydrogen-bond donors (Lipinski definition) is 3. The second-order valence-corrected chi connectivity index (χ2v) is 6.12. The van der Waals surface area contributed by atoms with Gasteiger partial charge in [0, 0.05) is 17.3 Å². The third-order valence-corrected chi connectivity index (χ3v) is 4.21. The van der Waals surface area contributed by atoms with Crippen molar-refractivity contribution in [2.45, 2.75) is 19.2 Å². The fraction of sp³-hybridized carbons (Fsp3) is 0.222. The molecule has 2 aromatic rings. The van der Waals surface area contributed by atoms with Gasteiger partial charge >= 0.3 is 18.0 Å². The number of hydrogen-bond acceptors (Lipinski definition) is 3. The van der Waals surface area contributed by atoms with Gasteiger partial charge in [-0.25, -0.2) is 0 Å². The molecule has 1 atom stereocenters. The van der Waals surface area contributed by atoms with Gasteiger partial charge in [0.05, 0.1) is 11.7 Å². The average Bonchev–Trinajstić information content (AvgIpc) is 2.62. The number of carbonyl (C=O) groups excluding carboxylic acids is 2. The van der Waals surface area contributed by atoms with Crippen LogP contribution in [0.25, 0.3) is 0 Å². The first kappa shape index (κ1) is 20.7. The Balaban J connectivity index is 1.92. The van der Waals surface area contributed by atoms with Crippen molar-refractivity contribution >= 4 is 29.1 Å². The molecule has 0 heterocycles. The molecule has 0 aromatic heterocycles. The zero-order valence-corrected chi connectivity index (χ0v) is 14.9. The molecule has 2 amide bonds. The number of benzene rings is 2. The molecule has 0 aliphatic rings. The lowest BCUT2D eigenvalue weighted by Gasteiger charge is -2.14. The molecule has 0 saturated heterocycles. The molecule has 0 aliphatic carbocycles. The molecule has 2 aromatic carbocycles. The predicted octanol–water partition coefficient (Wildman–Crippen LogP) is 3.46. The Morgan fingerprint density at radius 1 is 1.11 bits per heavy atom. The lowest BCUT2D eigenvalue weighted by atomic mass is 10.1. The van der Waals surface area contributed by atoms with Crippen LogP contribution in [-0.2, 0) is 15.8 Å². The van der Waals surface area contributed by atoms with E-state index in [4.69, 9.17) is 11.6 Å². The molecule has 0 radical (unpaired) electrons. The van der Waals surface area contributed by atoms with Crippen molar-refractivity contribution in [3.63, 3.8) is 0 Å². The largest absolute Gasteiger partial charge is 0.416 e. The van der Waals surface area contributed by atoms with Crippen LogP contribution in [0.2, 0.25) is 5.02 Å². The quantitative estimate of drug-likeness (QED) is 0.688. The summed E-state index contributed by atoms with van der Waals surface area (Å²) in [5.41, 5.74) is 0.282. The molecular weight excluding hydrogens is 385 g/mol. The topological polar surface area (TPSA) is 78.4 Å². The minimum Gasteiger partial charge on any atom is -0.387 e. The minimum atomic E-state index is -4.48. The Morgan fingerprint density at radius 2 is 1.74 bits per heavy atom. The van der Waals surface area contributed by atoms with Crippen molar-refractivity contribution in [3.05, 3.63) is 64.2 Å². The summed E-state index contributed by atoms with van der Waals surface area (Å²) in [5.74, 6) is -1.96. The SMILES string of the molecule is Cc1c(Cl)cccc1NC(=O)C(=O)NC[C@@H](O)c1ccc(C(F)(F)F)cc1. The van der Waals surface area contributed by atoms with Crippen LogP contribution in [0.5, 0.6) is 0 Å². The molecule has 0 fully saturated rings. The highest BCUT2D eigenvalue weighted by atomic mass is 35.5. The first-order chi connectivity index (χ1) is 12.6. The van der Waals surface area contributed by atoms with Gasteiger partial charge in [0.1, 0.15) is 0 Å². The standard InChI is InChI=1S/C18H16ClF3N2O3/c1-10-13(19)3-2-4-14(10)24-17(27)16(26)23-9-15(25)11-5-7-12(8-6-11)18(20,21)22/h2-8,15,25H,9H2,1H3,(H,23,26)(H,24,27)/t15-/m1/s1. The number of nitrogens with one attached hydrogen (secondary N) is 2. The first-order valence-electron chi connectivity index (χ1n) is 7.79. The molecule has 0 aliphatic heterocycles. The van der Waals surface area contributed by atoms with Gasteiger partial charge in [0.15, 0.2) is 0 Å². The summed E-state index contributed by atoms with van der Waals surface area (Å²) in [4.78, 5) is 23.8. The lowest BCUT2D eigenvalue weighted by Crippen LogP contribution is -2.37. The highest BCUT2D eigenvalue weighted by Crippen LogP contribution is 2.29. The second-order valence-electron chi connectivity index (χ2n) is 5.71. The van der Waals surface area contributed by atoms with E-state index in [-0.39, 0.29) is 12.1 Å². The molecule has 27 heavy (non-hydrogen) atoms. The van der Waals surface area contributed by atoms with E-state index >= 15 is 0 Å². The van der Waals surface area contributed by atoms with Gasteiger partial charge in [-0.05, 0) is 42.3 Å². The summed E-state index contributed by atoms with van der Waals surface area (Å²) in [7, 11) is 0. The summed E-state index contributed by atoms with van der Waals surface area (Å²) in [6.07, 6.45) is -5.74. The number of carbonyl (C=O) groups is 2. The Kier molecular flexibility index (Phi) is 6.45. The first-order valence-corrected chi connectivity index (χ1v) is 8.17. The number of rotatable bonds is 4. The van der Waals surface area contributed by atoms with E-state index in [9.17, 15) is 27.9 Å². The van der Waals surface area contributed by atoms with Gasteiger partial charge in [-0.15, -0.1) is 0 Å². The number of anilines is 1. The molecule has 5 nitrogen and oxygen atoms in total. The Bertz CT molecular complexity index is 839. The number of aliphatic hydroxyl groups is 1. The maximum atomic E-state index is 12.5. The highest BCUT2D eigenvalue weighted by Gasteiger charge is 2.30. The van der Waals surface area contributed by atoms with Gasteiger partial charge in [0.2, 0.25) is 0 Å². The van der Waals surface area contributed by atoms with E-state index in [2.05, 4.69) is 10.6 Å². The maximum absolute atomic E-state index is 12.5. The highest BCUT2D eigenvalue weighted by molar-refractivity contribution is 6.40. The van der Waals surface area contributed by atoms with Crippen LogP contribution in [0.3, 0.4) is 0 Å². The minimum absolute atomic E-state index is 0.175. The van der Waals surface area contributed by atoms with E-state index in [0.29, 0.717) is 16.3 Å². The van der Waals surface area contributed by atoms with Crippen molar-refractivity contribution in [1.82, 2.24) is 5.32 Å². The fourth-order valence-corrected chi connectivity index (χ4v) is 2.38. The summed E-state index contributed by atoms with van der Waals surface area (Å²) < 4.78 is 37.6. The van der Waals surface area contributed by atoms with Crippen molar-refractivity contribution in [2.24, 2.45) is 0 Å². The summed E-state index contributed by atoms with van der Waals surface area (Å²) in [6, 6.07) is 8.68. The third-order valence-electron chi connectivity index (χ3n) is 3.80. The van der Waals surface area contributed by atoms with Crippen molar-refractivity contribution in [3.8, 4) is 0 Å². The van der Waals surface area contributed by atoms with Crippen LogP contribution in [0, 0.1) is 6.92 Å². The smallest absolute Gasteiger partial charge is 0.387 e. The van der Waals surface area contributed by atoms with Gasteiger partial charge < -0.3 is 15.7 Å². The van der Waals surface area contributed by atoms with Crippen LogP contribution in [0.15, 0.2) is 42.5 Å². The number of alkyl halides is 3. The van der Waals surface area contributed by atoms with Crippen LogP contribution < -0.4 is 10.6 Å². The molecule has 0 spiro atoms. The van der Waals surface area contributed by atoms with Crippen molar-refractivity contribution in [1.29, 1.82) is 0 Å². The summed E-state index contributed by atoms with van der Waals surface area (Å²) in [6.45, 7) is 1.33. The van der Waals surface area contributed by atoms with Gasteiger partial charge in [-0.3, -0.25) is 9.59 Å². The summed E-state index contributed by atoms with van der Waals surface area (Å²) in [5, 5.41) is 15.0. The normalized spacial score (nSPS) is 12.4. The average molecular weight is 401 g/mol. The Labute approximate surface area is 158 Å². The molecule has 9 heteroatoms. The Morgan fingerprint density at radius 3 is 2.33 bits per heavy atom. The summed E-state index contributed by atoms with van der Waals surface area (Å²) >= 11 is 5.93. The molecule has 0 unspecified atom stereocenters. The number of halogens is 4. The van der Waals surface area contributed by atoms with Crippen LogP contribution in [0.4, 0.5) is 18.9 Å². The molecule has 2 rings (SSSR count). The lowest BCUT2D eigenvalue weighted by molar-refractivity contribution is -0.137. The zero-order chi connectivity index (χ0) is 20.2. The van der Waals surface area contributed by atoms with Crippen LogP contribution in [-0.4, -0.2) is 23.5 Å². The van der Waals surface area contributed by atoms with E-state index in [1.54, 1.807) is 25.1 Å². The maximum Gasteiger partial charge on any atom is 0.416 e. The molecular formula is C18H16ClF3N2O3. The molecule has 0 bridgehead atoms. The van der Waals surface area contributed by atoms with Crippen molar-refractivity contribution < 1.29 is 27.9 Å². The molecule has 0 saturated carbocycles. The van der Waals surface area contributed by atoms with Gasteiger partial charge in [-0.1, -0.05) is 29.8 Å². The zero-order valence-electron chi connectivity index (χ0n) is 14.1. The number of aliphatic hydroxyl groups excluding tert-OH is 1. The van der Waals surface area contributed by atoms with Crippen LogP contribution >= 0.6 is 11.6 Å². The van der Waals surface area contributed by atoms with E-state index in [1.165, 1.54) is 0 Å². The predicted molar refractivity (Wildman–Crippen MR) is 94.2 cm³/mol. The van der Waals surface area contributed by atoms with E-state index < -0.39 is 29.7 Å². The second kappa shape index (κ2) is 8.41. The van der Waals surface area contributed by atoms with Crippen LogP contribution in [0.1, 0.15) is 22.8 Å². The Hall–Kier alpha value is -2.58. The third kappa shape index (κ3) is 5.45. The molecule has 3 N–H and O–H groups in total. The van der Waals surface area contributed by atoms with Crippen molar-refractivity contribution in [2.75, 3.05) is 11.9 Å².